The highest BCUT2D eigenvalue weighted by molar-refractivity contribution is 5.86. The van der Waals surface area contributed by atoms with Gasteiger partial charge in [-0.1, -0.05) is 0 Å². The summed E-state index contributed by atoms with van der Waals surface area (Å²) in [6.45, 7) is 0. The minimum Gasteiger partial charge on any atom is -0.481 e. The Morgan fingerprint density at radius 3 is 1.68 bits per heavy atom. The fraction of sp³-hybridized carbons (Fsp3) is 0.500. The fourth-order valence-corrected chi connectivity index (χ4v) is 0.668. The van der Waals surface area contributed by atoms with E-state index >= 15 is 0 Å². The van der Waals surface area contributed by atoms with Crippen molar-refractivity contribution in [2.45, 2.75) is 24.9 Å². The second-order valence-electron chi connectivity index (χ2n) is 3.30. The predicted octanol–water partition coefficient (Wildman–Crippen LogP) is -3.43. The molecule has 11 nitrogen and oxygen atoms in total. The summed E-state index contributed by atoms with van der Waals surface area (Å²) >= 11 is 0. The van der Waals surface area contributed by atoms with Gasteiger partial charge in [0, 0.05) is 0 Å². The Morgan fingerprint density at radius 2 is 1.47 bits per heavy atom. The van der Waals surface area contributed by atoms with Gasteiger partial charge >= 0.3 is 11.9 Å². The first kappa shape index (κ1) is 19.1. The number of carboxylic acids is 2. The van der Waals surface area contributed by atoms with Crippen molar-refractivity contribution in [3.8, 4) is 0 Å². The second-order valence-corrected chi connectivity index (χ2v) is 3.30. The van der Waals surface area contributed by atoms with Crippen LogP contribution in [0, 0.1) is 0 Å². The molecule has 0 bridgehead atoms. The molecule has 0 spiro atoms. The zero-order valence-electron chi connectivity index (χ0n) is 9.78. The van der Waals surface area contributed by atoms with Crippen molar-refractivity contribution in [2.24, 2.45) is 17.2 Å². The summed E-state index contributed by atoms with van der Waals surface area (Å²) in [4.78, 5) is 40.1. The lowest BCUT2D eigenvalue weighted by Gasteiger charge is -2.04. The lowest BCUT2D eigenvalue weighted by Crippen LogP contribution is -2.41. The maximum atomic E-state index is 10.4. The topological polar surface area (TPSA) is 219 Å². The van der Waals surface area contributed by atoms with Gasteiger partial charge in [0.05, 0.1) is 18.9 Å². The number of rotatable bonds is 6. The third-order valence-electron chi connectivity index (χ3n) is 1.58. The minimum atomic E-state index is -1.29. The molecule has 0 aliphatic rings. The number of hydrogen-bond acceptors (Lipinski definition) is 7. The van der Waals surface area contributed by atoms with Crippen molar-refractivity contribution in [2.75, 3.05) is 0 Å². The SMILES string of the molecule is NC(=O)C[C@H](N)C(=O)NO.NC(CC(=O)O)C(=O)O. The molecule has 0 saturated carbocycles. The van der Waals surface area contributed by atoms with E-state index in [9.17, 15) is 19.2 Å². The Bertz CT molecular complexity index is 346. The Labute approximate surface area is 107 Å². The van der Waals surface area contributed by atoms with Crippen LogP contribution in [0.3, 0.4) is 0 Å². The Morgan fingerprint density at radius 1 is 1.00 bits per heavy atom. The Hall–Kier alpha value is -2.24. The van der Waals surface area contributed by atoms with Crippen molar-refractivity contribution in [1.29, 1.82) is 0 Å². The van der Waals surface area contributed by atoms with E-state index in [0.717, 1.165) is 0 Å². The van der Waals surface area contributed by atoms with Crippen LogP contribution in [0.1, 0.15) is 12.8 Å². The molecule has 0 saturated heterocycles. The number of nitrogens with one attached hydrogen (secondary N) is 1. The summed E-state index contributed by atoms with van der Waals surface area (Å²) in [6.07, 6.45) is -0.804. The van der Waals surface area contributed by atoms with E-state index < -0.39 is 42.3 Å². The van der Waals surface area contributed by atoms with Crippen LogP contribution in [0.5, 0.6) is 0 Å². The number of hydrogen-bond donors (Lipinski definition) is 7. The number of carbonyl (C=O) groups excluding carboxylic acids is 2. The summed E-state index contributed by atoms with van der Waals surface area (Å²) in [7, 11) is 0. The summed E-state index contributed by atoms with van der Waals surface area (Å²) in [5.41, 5.74) is 15.9. The number of primary amides is 1. The number of hydroxylamine groups is 1. The quantitative estimate of drug-likeness (QED) is 0.190. The average molecular weight is 280 g/mol. The molecule has 0 aliphatic heterocycles. The molecule has 0 fully saturated rings. The number of nitrogens with two attached hydrogens (primary N) is 3. The van der Waals surface area contributed by atoms with Crippen LogP contribution in [0.25, 0.3) is 0 Å². The van der Waals surface area contributed by atoms with Crippen LogP contribution in [0.15, 0.2) is 0 Å². The molecule has 0 radical (unpaired) electrons. The van der Waals surface area contributed by atoms with Gasteiger partial charge in [0.2, 0.25) is 5.91 Å². The lowest BCUT2D eigenvalue weighted by atomic mass is 10.2. The number of carboxylic acid groups (broad SMARTS) is 2. The van der Waals surface area contributed by atoms with Gasteiger partial charge in [-0.3, -0.25) is 24.4 Å². The average Bonchev–Trinajstić information content (AvgIpc) is 2.26. The molecule has 0 rings (SSSR count). The first-order chi connectivity index (χ1) is 8.61. The van der Waals surface area contributed by atoms with Crippen molar-refractivity contribution in [3.63, 3.8) is 0 Å². The van der Waals surface area contributed by atoms with Crippen molar-refractivity contribution >= 4 is 23.8 Å². The highest BCUT2D eigenvalue weighted by Crippen LogP contribution is 1.86. The molecule has 0 aliphatic carbocycles. The van der Waals surface area contributed by atoms with Crippen LogP contribution >= 0.6 is 0 Å². The third-order valence-corrected chi connectivity index (χ3v) is 1.58. The van der Waals surface area contributed by atoms with Gasteiger partial charge in [-0.05, 0) is 0 Å². The summed E-state index contributed by atoms with van der Waals surface area (Å²) < 4.78 is 0. The number of aliphatic carboxylic acids is 2. The van der Waals surface area contributed by atoms with Gasteiger partial charge in [-0.2, -0.15) is 0 Å². The molecule has 10 N–H and O–H groups in total. The maximum Gasteiger partial charge on any atom is 0.321 e. The normalized spacial score (nSPS) is 12.4. The molecule has 0 aromatic rings. The van der Waals surface area contributed by atoms with Crippen molar-refractivity contribution in [3.05, 3.63) is 0 Å². The van der Waals surface area contributed by atoms with E-state index in [4.69, 9.17) is 32.6 Å². The molecule has 110 valence electrons. The van der Waals surface area contributed by atoms with E-state index in [0.29, 0.717) is 0 Å². The maximum absolute atomic E-state index is 10.4. The third kappa shape index (κ3) is 12.0. The summed E-state index contributed by atoms with van der Waals surface area (Å²) in [5, 5.41) is 24.0. The van der Waals surface area contributed by atoms with Gasteiger partial charge in [0.15, 0.2) is 0 Å². The highest BCUT2D eigenvalue weighted by Gasteiger charge is 2.14. The molecule has 0 aromatic carbocycles. The predicted molar refractivity (Wildman–Crippen MR) is 59.6 cm³/mol. The van der Waals surface area contributed by atoms with Gasteiger partial charge in [0.25, 0.3) is 5.91 Å². The smallest absolute Gasteiger partial charge is 0.321 e. The van der Waals surface area contributed by atoms with Crippen LogP contribution in [0.4, 0.5) is 0 Å². The van der Waals surface area contributed by atoms with Crippen molar-refractivity contribution in [1.82, 2.24) is 5.48 Å². The summed E-state index contributed by atoms with van der Waals surface area (Å²) in [5.74, 6) is -4.00. The van der Waals surface area contributed by atoms with Gasteiger partial charge in [0.1, 0.15) is 6.04 Å². The highest BCUT2D eigenvalue weighted by atomic mass is 16.5. The van der Waals surface area contributed by atoms with Gasteiger partial charge in [-0.15, -0.1) is 0 Å². The molecular weight excluding hydrogens is 264 g/mol. The molecule has 0 heterocycles. The Balaban J connectivity index is 0. The Kier molecular flexibility index (Phi) is 9.81. The first-order valence-corrected chi connectivity index (χ1v) is 4.79. The molecule has 2 amide bonds. The van der Waals surface area contributed by atoms with E-state index in [1.165, 1.54) is 5.48 Å². The molecule has 2 atom stereocenters. The van der Waals surface area contributed by atoms with Gasteiger partial charge in [-0.25, -0.2) is 5.48 Å². The molecular formula is C8H16N4O7. The molecule has 0 aromatic heterocycles. The fourth-order valence-electron chi connectivity index (χ4n) is 0.668. The zero-order chi connectivity index (χ0) is 15.6. The minimum absolute atomic E-state index is 0.271. The van der Waals surface area contributed by atoms with E-state index in [1.807, 2.05) is 0 Å². The lowest BCUT2D eigenvalue weighted by molar-refractivity contribution is -0.144. The summed E-state index contributed by atoms with van der Waals surface area (Å²) in [6, 6.07) is -2.36. The number of carbonyl (C=O) groups is 4. The first-order valence-electron chi connectivity index (χ1n) is 4.79. The van der Waals surface area contributed by atoms with Crippen LogP contribution < -0.4 is 22.7 Å². The second kappa shape index (κ2) is 9.76. The van der Waals surface area contributed by atoms with E-state index in [2.05, 4.69) is 0 Å². The molecule has 11 heteroatoms. The molecule has 19 heavy (non-hydrogen) atoms. The largest absolute Gasteiger partial charge is 0.481 e. The standard InChI is InChI=1S/C4H9N3O3.C4H7NO4/c5-2(1-3(6)8)4(9)7-10;5-2(4(8)9)1-3(6)7/h2,10H,1,5H2,(H2,6,8)(H,7,9);2H,1,5H2,(H,6,7)(H,8,9)/t2-;/m0./s1. The van der Waals surface area contributed by atoms with Crippen molar-refractivity contribution < 1.29 is 34.6 Å². The van der Waals surface area contributed by atoms with Crippen LogP contribution in [-0.4, -0.2) is 51.3 Å². The number of amides is 2. The van der Waals surface area contributed by atoms with Gasteiger partial charge < -0.3 is 27.4 Å². The van der Waals surface area contributed by atoms with E-state index in [-0.39, 0.29) is 6.42 Å². The molecule has 1 unspecified atom stereocenters. The van der Waals surface area contributed by atoms with E-state index in [1.54, 1.807) is 0 Å². The zero-order valence-corrected chi connectivity index (χ0v) is 9.78. The van der Waals surface area contributed by atoms with Crippen LogP contribution in [0.2, 0.25) is 0 Å². The van der Waals surface area contributed by atoms with Crippen LogP contribution in [-0.2, 0) is 19.2 Å². The monoisotopic (exact) mass is 280 g/mol.